The molecule has 0 aromatic heterocycles. The van der Waals surface area contributed by atoms with Gasteiger partial charge in [-0.2, -0.15) is 0 Å². The summed E-state index contributed by atoms with van der Waals surface area (Å²) in [5.41, 5.74) is 1.43. The Hall–Kier alpha value is -1.55. The highest BCUT2D eigenvalue weighted by molar-refractivity contribution is 6.02. The van der Waals surface area contributed by atoms with Gasteiger partial charge in [0.2, 0.25) is 0 Å². The molecule has 1 rings (SSSR count). The molecule has 1 atom stereocenters. The van der Waals surface area contributed by atoms with Crippen LogP contribution < -0.4 is 9.64 Å². The number of aliphatic hydroxyl groups excluding tert-OH is 1. The van der Waals surface area contributed by atoms with Crippen LogP contribution in [-0.2, 0) is 0 Å². The first-order valence-corrected chi connectivity index (χ1v) is 6.04. The van der Waals surface area contributed by atoms with E-state index in [1.807, 2.05) is 24.1 Å². The minimum Gasteiger partial charge on any atom is -0.496 e. The average molecular weight is 251 g/mol. The molecule has 0 heterocycles. The van der Waals surface area contributed by atoms with Gasteiger partial charge in [0.05, 0.1) is 24.5 Å². The highest BCUT2D eigenvalue weighted by Crippen LogP contribution is 2.29. The zero-order valence-corrected chi connectivity index (χ0v) is 11.4. The summed E-state index contributed by atoms with van der Waals surface area (Å²) >= 11 is 0. The Labute approximate surface area is 108 Å². The summed E-state index contributed by atoms with van der Waals surface area (Å²) in [6.07, 6.45) is 0.309. The number of rotatable bonds is 6. The van der Waals surface area contributed by atoms with E-state index in [0.29, 0.717) is 24.3 Å². The van der Waals surface area contributed by atoms with Gasteiger partial charge in [-0.25, -0.2) is 0 Å². The largest absolute Gasteiger partial charge is 0.496 e. The fourth-order valence-electron chi connectivity index (χ4n) is 1.86. The summed E-state index contributed by atoms with van der Waals surface area (Å²) < 4.78 is 5.23. The summed E-state index contributed by atoms with van der Waals surface area (Å²) in [4.78, 5) is 13.7. The molecule has 1 N–H and O–H groups in total. The van der Waals surface area contributed by atoms with Crippen LogP contribution >= 0.6 is 0 Å². The standard InChI is InChI=1S/C14H21NO3/c1-10(16)8-9-15(3)12-6-5-7-13(18-4)14(12)11(2)17/h5-7,10,16H,8-9H2,1-4H3. The predicted octanol–water partition coefficient (Wildman–Crippen LogP) is 2.10. The first kappa shape index (κ1) is 14.5. The SMILES string of the molecule is COc1cccc(N(C)CCC(C)O)c1C(C)=O. The van der Waals surface area contributed by atoms with Gasteiger partial charge < -0.3 is 14.7 Å². The van der Waals surface area contributed by atoms with E-state index in [9.17, 15) is 9.90 Å². The second kappa shape index (κ2) is 6.40. The number of carbonyl (C=O) groups is 1. The summed E-state index contributed by atoms with van der Waals surface area (Å²) in [6.45, 7) is 3.97. The second-order valence-corrected chi connectivity index (χ2v) is 4.47. The van der Waals surface area contributed by atoms with Crippen LogP contribution in [0, 0.1) is 0 Å². The third kappa shape index (κ3) is 3.47. The summed E-state index contributed by atoms with van der Waals surface area (Å²) in [7, 11) is 3.46. The van der Waals surface area contributed by atoms with Gasteiger partial charge >= 0.3 is 0 Å². The van der Waals surface area contributed by atoms with Gasteiger partial charge in [-0.3, -0.25) is 4.79 Å². The first-order chi connectivity index (χ1) is 8.47. The smallest absolute Gasteiger partial charge is 0.165 e. The number of ether oxygens (including phenoxy) is 1. The Morgan fingerprint density at radius 3 is 2.67 bits per heavy atom. The molecule has 0 saturated heterocycles. The molecule has 0 aliphatic carbocycles. The quantitative estimate of drug-likeness (QED) is 0.787. The summed E-state index contributed by atoms with van der Waals surface area (Å²) in [5, 5.41) is 9.31. The maximum atomic E-state index is 11.7. The van der Waals surface area contributed by atoms with Crippen molar-refractivity contribution < 1.29 is 14.6 Å². The van der Waals surface area contributed by atoms with Gasteiger partial charge in [-0.05, 0) is 32.4 Å². The number of hydrogen-bond donors (Lipinski definition) is 1. The predicted molar refractivity (Wildman–Crippen MR) is 72.6 cm³/mol. The number of hydrogen-bond acceptors (Lipinski definition) is 4. The van der Waals surface area contributed by atoms with Crippen molar-refractivity contribution in [2.45, 2.75) is 26.4 Å². The van der Waals surface area contributed by atoms with Gasteiger partial charge in [-0.1, -0.05) is 6.07 Å². The number of carbonyl (C=O) groups excluding carboxylic acids is 1. The number of aliphatic hydroxyl groups is 1. The molecule has 0 aliphatic rings. The Morgan fingerprint density at radius 1 is 1.50 bits per heavy atom. The molecule has 4 nitrogen and oxygen atoms in total. The van der Waals surface area contributed by atoms with Crippen LogP contribution in [0.2, 0.25) is 0 Å². The minimum atomic E-state index is -0.348. The molecule has 1 aromatic carbocycles. The molecule has 0 bridgehead atoms. The first-order valence-electron chi connectivity index (χ1n) is 6.04. The topological polar surface area (TPSA) is 49.8 Å². The van der Waals surface area contributed by atoms with E-state index in [2.05, 4.69) is 0 Å². The molecular formula is C14H21NO3. The van der Waals surface area contributed by atoms with Gasteiger partial charge in [0.15, 0.2) is 5.78 Å². The highest BCUT2D eigenvalue weighted by Gasteiger charge is 2.16. The number of methoxy groups -OCH3 is 1. The Bertz CT molecular complexity index is 416. The minimum absolute atomic E-state index is 0.0219. The Balaban J connectivity index is 3.03. The van der Waals surface area contributed by atoms with Crippen LogP contribution in [0.4, 0.5) is 5.69 Å². The molecule has 18 heavy (non-hydrogen) atoms. The number of ketones is 1. The average Bonchev–Trinajstić information content (AvgIpc) is 2.34. The van der Waals surface area contributed by atoms with E-state index < -0.39 is 0 Å². The molecule has 100 valence electrons. The van der Waals surface area contributed by atoms with Crippen LogP contribution in [-0.4, -0.2) is 37.7 Å². The monoisotopic (exact) mass is 251 g/mol. The van der Waals surface area contributed by atoms with E-state index in [-0.39, 0.29) is 11.9 Å². The third-order valence-electron chi connectivity index (χ3n) is 2.87. The molecule has 0 radical (unpaired) electrons. The van der Waals surface area contributed by atoms with E-state index in [1.54, 1.807) is 20.1 Å². The van der Waals surface area contributed by atoms with Crippen molar-refractivity contribution in [1.82, 2.24) is 0 Å². The van der Waals surface area contributed by atoms with Crippen molar-refractivity contribution >= 4 is 11.5 Å². The van der Waals surface area contributed by atoms with E-state index in [0.717, 1.165) is 5.69 Å². The van der Waals surface area contributed by atoms with Crippen LogP contribution in [0.1, 0.15) is 30.6 Å². The fourth-order valence-corrected chi connectivity index (χ4v) is 1.86. The Kier molecular flexibility index (Phi) is 5.16. The van der Waals surface area contributed by atoms with Gasteiger partial charge in [0.25, 0.3) is 0 Å². The number of anilines is 1. The molecule has 0 fully saturated rings. The van der Waals surface area contributed by atoms with Crippen molar-refractivity contribution in [3.8, 4) is 5.75 Å². The summed E-state index contributed by atoms with van der Waals surface area (Å²) in [6, 6.07) is 5.53. The highest BCUT2D eigenvalue weighted by atomic mass is 16.5. The van der Waals surface area contributed by atoms with E-state index in [4.69, 9.17) is 4.74 Å². The zero-order valence-electron chi connectivity index (χ0n) is 11.4. The summed E-state index contributed by atoms with van der Waals surface area (Å²) in [5.74, 6) is 0.565. The fraction of sp³-hybridized carbons (Fsp3) is 0.500. The maximum Gasteiger partial charge on any atom is 0.165 e. The van der Waals surface area contributed by atoms with Crippen LogP contribution in [0.3, 0.4) is 0 Å². The lowest BCUT2D eigenvalue weighted by Crippen LogP contribution is -2.23. The van der Waals surface area contributed by atoms with Crippen molar-refractivity contribution in [3.63, 3.8) is 0 Å². The van der Waals surface area contributed by atoms with Crippen LogP contribution in [0.25, 0.3) is 0 Å². The van der Waals surface area contributed by atoms with Crippen molar-refractivity contribution in [3.05, 3.63) is 23.8 Å². The lowest BCUT2D eigenvalue weighted by Gasteiger charge is -2.23. The van der Waals surface area contributed by atoms with E-state index >= 15 is 0 Å². The lowest BCUT2D eigenvalue weighted by molar-refractivity contribution is 0.101. The van der Waals surface area contributed by atoms with Crippen molar-refractivity contribution in [2.75, 3.05) is 25.6 Å². The lowest BCUT2D eigenvalue weighted by atomic mass is 10.1. The molecule has 0 aliphatic heterocycles. The number of nitrogens with zero attached hydrogens (tertiary/aromatic N) is 1. The molecular weight excluding hydrogens is 230 g/mol. The molecule has 4 heteroatoms. The zero-order chi connectivity index (χ0) is 13.7. The van der Waals surface area contributed by atoms with Crippen LogP contribution in [0.5, 0.6) is 5.75 Å². The van der Waals surface area contributed by atoms with E-state index in [1.165, 1.54) is 6.92 Å². The molecule has 0 spiro atoms. The molecule has 1 unspecified atom stereocenters. The number of Topliss-reactive ketones (excluding diaryl/α,β-unsaturated/α-hetero) is 1. The number of benzene rings is 1. The van der Waals surface area contributed by atoms with Crippen LogP contribution in [0.15, 0.2) is 18.2 Å². The van der Waals surface area contributed by atoms with Gasteiger partial charge in [0, 0.05) is 13.6 Å². The normalized spacial score (nSPS) is 12.1. The van der Waals surface area contributed by atoms with Crippen molar-refractivity contribution in [1.29, 1.82) is 0 Å². The Morgan fingerprint density at radius 2 is 2.17 bits per heavy atom. The molecule has 1 aromatic rings. The third-order valence-corrected chi connectivity index (χ3v) is 2.87. The second-order valence-electron chi connectivity index (χ2n) is 4.47. The molecule has 0 saturated carbocycles. The maximum absolute atomic E-state index is 11.7. The molecule has 0 amide bonds. The van der Waals surface area contributed by atoms with Gasteiger partial charge in [-0.15, -0.1) is 0 Å². The van der Waals surface area contributed by atoms with Crippen molar-refractivity contribution in [2.24, 2.45) is 0 Å². The van der Waals surface area contributed by atoms with Gasteiger partial charge in [0.1, 0.15) is 5.75 Å².